The van der Waals surface area contributed by atoms with Crippen LogP contribution in [0.3, 0.4) is 0 Å². The van der Waals surface area contributed by atoms with Crippen LogP contribution in [0.5, 0.6) is 0 Å². The van der Waals surface area contributed by atoms with Crippen LogP contribution in [0.1, 0.15) is 17.5 Å². The number of aromatic nitrogens is 2. The molecule has 0 spiro atoms. The fourth-order valence-corrected chi connectivity index (χ4v) is 3.51. The minimum absolute atomic E-state index is 0.0156. The van der Waals surface area contributed by atoms with E-state index in [-0.39, 0.29) is 18.7 Å². The first-order valence-electron chi connectivity index (χ1n) is 8.95. The highest BCUT2D eigenvalue weighted by molar-refractivity contribution is 7.92. The molecule has 0 fully saturated rings. The summed E-state index contributed by atoms with van der Waals surface area (Å²) in [7, 11) is -3.54. The van der Waals surface area contributed by atoms with E-state index in [0.29, 0.717) is 33.9 Å². The van der Waals surface area contributed by atoms with E-state index in [2.05, 4.69) is 14.7 Å². The number of nitrogen functional groups attached to an aromatic ring is 1. The van der Waals surface area contributed by atoms with Crippen LogP contribution in [0, 0.1) is 5.41 Å². The summed E-state index contributed by atoms with van der Waals surface area (Å²) in [5.74, 6) is -0.448. The summed E-state index contributed by atoms with van der Waals surface area (Å²) < 4.78 is 25.9. The van der Waals surface area contributed by atoms with Gasteiger partial charge in [0.05, 0.1) is 17.6 Å². The highest BCUT2D eigenvalue weighted by Crippen LogP contribution is 2.28. The number of hydrogen-bond donors (Lipinski definition) is 5. The number of carboxylic acid groups (broad SMARTS) is 1. The van der Waals surface area contributed by atoms with Crippen LogP contribution in [0.2, 0.25) is 0 Å². The van der Waals surface area contributed by atoms with Gasteiger partial charge in [-0.05, 0) is 18.1 Å². The molecule has 0 aliphatic carbocycles. The highest BCUT2D eigenvalue weighted by Gasteiger charge is 2.13. The Kier molecular flexibility index (Phi) is 5.88. The van der Waals surface area contributed by atoms with Crippen molar-refractivity contribution in [1.29, 1.82) is 5.41 Å². The summed E-state index contributed by atoms with van der Waals surface area (Å²) >= 11 is 0. The van der Waals surface area contributed by atoms with Gasteiger partial charge in [-0.1, -0.05) is 36.4 Å². The van der Waals surface area contributed by atoms with Crippen LogP contribution in [0.15, 0.2) is 48.7 Å². The van der Waals surface area contributed by atoms with Gasteiger partial charge in [0.1, 0.15) is 11.7 Å². The molecule has 30 heavy (non-hydrogen) atoms. The third kappa shape index (κ3) is 5.23. The number of nitrogens with zero attached hydrogens (tertiary/aromatic N) is 1. The Hall–Kier alpha value is -3.66. The van der Waals surface area contributed by atoms with Crippen molar-refractivity contribution in [1.82, 2.24) is 9.97 Å². The fraction of sp³-hybridized carbons (Fsp3) is 0.150. The number of carbonyl (C=O) groups is 1. The molecule has 2 aromatic carbocycles. The topological polar surface area (TPSA) is 162 Å². The number of benzene rings is 2. The lowest BCUT2D eigenvalue weighted by atomic mass is 10.0. The Morgan fingerprint density at radius 2 is 1.87 bits per heavy atom. The Morgan fingerprint density at radius 1 is 1.20 bits per heavy atom. The number of aryl methyl sites for hydroxylation is 1. The predicted octanol–water partition coefficient (Wildman–Crippen LogP) is 2.42. The van der Waals surface area contributed by atoms with Crippen molar-refractivity contribution in [2.24, 2.45) is 5.73 Å². The van der Waals surface area contributed by atoms with Gasteiger partial charge in [0.2, 0.25) is 10.0 Å². The van der Waals surface area contributed by atoms with E-state index in [1.165, 1.54) is 0 Å². The minimum atomic E-state index is -3.54. The smallest absolute Gasteiger partial charge is 0.303 e. The molecule has 10 heteroatoms. The largest absolute Gasteiger partial charge is 0.481 e. The molecule has 0 saturated heterocycles. The molecule has 0 atom stereocenters. The average Bonchev–Trinajstić information content (AvgIpc) is 3.16. The first kappa shape index (κ1) is 21.1. The summed E-state index contributed by atoms with van der Waals surface area (Å²) in [5, 5.41) is 16.4. The molecule has 0 unspecified atom stereocenters. The van der Waals surface area contributed by atoms with E-state index in [1.54, 1.807) is 36.5 Å². The summed E-state index contributed by atoms with van der Waals surface area (Å²) in [6.45, 7) is 0. The molecule has 0 aliphatic heterocycles. The number of rotatable bonds is 8. The molecule has 156 valence electrons. The predicted molar refractivity (Wildman–Crippen MR) is 115 cm³/mol. The van der Waals surface area contributed by atoms with E-state index in [0.717, 1.165) is 11.8 Å². The zero-order valence-electron chi connectivity index (χ0n) is 16.1. The van der Waals surface area contributed by atoms with Gasteiger partial charge in [-0.15, -0.1) is 0 Å². The molecule has 0 aliphatic rings. The van der Waals surface area contributed by atoms with Gasteiger partial charge in [-0.25, -0.2) is 13.4 Å². The quantitative estimate of drug-likeness (QED) is 0.274. The number of aliphatic carboxylic acids is 1. The van der Waals surface area contributed by atoms with Crippen LogP contribution < -0.4 is 10.5 Å². The number of H-pyrrole nitrogens is 1. The second kappa shape index (κ2) is 8.37. The molecule has 3 rings (SSSR count). The second-order valence-electron chi connectivity index (χ2n) is 6.77. The van der Waals surface area contributed by atoms with Gasteiger partial charge in [-0.2, -0.15) is 0 Å². The number of hydrogen-bond acceptors (Lipinski definition) is 5. The molecule has 9 nitrogen and oxygen atoms in total. The monoisotopic (exact) mass is 427 g/mol. The van der Waals surface area contributed by atoms with Crippen molar-refractivity contribution in [3.63, 3.8) is 0 Å². The van der Waals surface area contributed by atoms with Gasteiger partial charge in [0, 0.05) is 29.3 Å². The molecule has 3 aromatic rings. The lowest BCUT2D eigenvalue weighted by Gasteiger charge is -2.11. The van der Waals surface area contributed by atoms with Crippen LogP contribution in [-0.2, 0) is 21.2 Å². The van der Waals surface area contributed by atoms with Gasteiger partial charge >= 0.3 is 5.97 Å². The first-order chi connectivity index (χ1) is 14.1. The Labute approximate surface area is 173 Å². The first-order valence-corrected chi connectivity index (χ1v) is 10.8. The Bertz CT molecular complexity index is 1200. The molecule has 0 saturated carbocycles. The molecule has 0 amide bonds. The van der Waals surface area contributed by atoms with Crippen molar-refractivity contribution < 1.29 is 18.3 Å². The maximum Gasteiger partial charge on any atom is 0.303 e. The van der Waals surface area contributed by atoms with Crippen LogP contribution in [-0.4, -0.2) is 41.6 Å². The van der Waals surface area contributed by atoms with Crippen molar-refractivity contribution >= 4 is 27.5 Å². The zero-order valence-corrected chi connectivity index (χ0v) is 17.0. The third-order valence-corrected chi connectivity index (χ3v) is 4.95. The van der Waals surface area contributed by atoms with Gasteiger partial charge in [-0.3, -0.25) is 14.9 Å². The number of sulfonamides is 1. The molecule has 1 heterocycles. The van der Waals surface area contributed by atoms with Crippen LogP contribution in [0.25, 0.3) is 22.6 Å². The number of carboxylic acids is 1. The van der Waals surface area contributed by atoms with E-state index in [1.807, 2.05) is 12.1 Å². The lowest BCUT2D eigenvalue weighted by molar-refractivity contribution is -0.136. The maximum atomic E-state index is 11.7. The molecular formula is C20H21N5O4S. The number of anilines is 1. The van der Waals surface area contributed by atoms with E-state index in [9.17, 15) is 13.2 Å². The van der Waals surface area contributed by atoms with Crippen molar-refractivity contribution in [2.75, 3.05) is 11.0 Å². The zero-order chi connectivity index (χ0) is 21.9. The Balaban J connectivity index is 1.92. The summed E-state index contributed by atoms with van der Waals surface area (Å²) in [4.78, 5) is 18.5. The summed E-state index contributed by atoms with van der Waals surface area (Å²) in [6, 6.07) is 12.2. The SMILES string of the molecule is CS(=O)(=O)Nc1cc(-c2nc(-c3ccc(C(=N)N)cc3)c[nH]2)ccc1CCC(=O)O. The summed E-state index contributed by atoms with van der Waals surface area (Å²) in [5.41, 5.74) is 9.13. The number of imidazole rings is 1. The number of amidine groups is 1. The van der Waals surface area contributed by atoms with Gasteiger partial charge < -0.3 is 15.8 Å². The Morgan fingerprint density at radius 3 is 2.47 bits per heavy atom. The maximum absolute atomic E-state index is 11.7. The van der Waals surface area contributed by atoms with Crippen molar-refractivity contribution in [3.8, 4) is 22.6 Å². The highest BCUT2D eigenvalue weighted by atomic mass is 32.2. The second-order valence-corrected chi connectivity index (χ2v) is 8.51. The van der Waals surface area contributed by atoms with Gasteiger partial charge in [0.25, 0.3) is 0 Å². The molecule has 0 bridgehead atoms. The average molecular weight is 427 g/mol. The third-order valence-electron chi connectivity index (χ3n) is 4.36. The number of aromatic amines is 1. The van der Waals surface area contributed by atoms with E-state index < -0.39 is 16.0 Å². The fourth-order valence-electron chi connectivity index (χ4n) is 2.92. The van der Waals surface area contributed by atoms with Crippen molar-refractivity contribution in [3.05, 3.63) is 59.8 Å². The molecule has 1 aromatic heterocycles. The van der Waals surface area contributed by atoms with E-state index in [4.69, 9.17) is 16.2 Å². The molecule has 0 radical (unpaired) electrons. The number of nitrogens with two attached hydrogens (primary N) is 1. The summed E-state index contributed by atoms with van der Waals surface area (Å²) in [6.07, 6.45) is 2.84. The van der Waals surface area contributed by atoms with E-state index >= 15 is 0 Å². The van der Waals surface area contributed by atoms with Gasteiger partial charge in [0.15, 0.2) is 0 Å². The number of nitrogens with one attached hydrogen (secondary N) is 3. The molecular weight excluding hydrogens is 406 g/mol. The normalized spacial score (nSPS) is 11.2. The van der Waals surface area contributed by atoms with Crippen LogP contribution >= 0.6 is 0 Å². The van der Waals surface area contributed by atoms with Crippen molar-refractivity contribution in [2.45, 2.75) is 12.8 Å². The lowest BCUT2D eigenvalue weighted by Crippen LogP contribution is -2.12. The molecule has 6 N–H and O–H groups in total. The van der Waals surface area contributed by atoms with Crippen LogP contribution in [0.4, 0.5) is 5.69 Å². The minimum Gasteiger partial charge on any atom is -0.481 e. The standard InChI is InChI=1S/C20H21N5O4S/c1-30(28,29)25-16-10-15(7-4-12(16)8-9-18(26)27)20-23-11-17(24-20)13-2-5-14(6-3-13)19(21)22/h2-7,10-11,25H,8-9H2,1H3,(H3,21,22)(H,23,24)(H,26,27).